The Labute approximate surface area is 112 Å². The highest BCUT2D eigenvalue weighted by Crippen LogP contribution is 2.33. The van der Waals surface area contributed by atoms with Crippen LogP contribution < -0.4 is 0 Å². The summed E-state index contributed by atoms with van der Waals surface area (Å²) in [6.07, 6.45) is 0. The predicted molar refractivity (Wildman–Crippen MR) is 77.0 cm³/mol. The molecule has 1 heteroatoms. The van der Waals surface area contributed by atoms with Crippen LogP contribution in [0.3, 0.4) is 0 Å². The summed E-state index contributed by atoms with van der Waals surface area (Å²) in [6, 6.07) is 25.5. The fraction of sp³-hybridized carbons (Fsp3) is 0.0588. The average molecular weight is 249 g/mol. The first-order valence-corrected chi connectivity index (χ1v) is 6.82. The second-order valence-electron chi connectivity index (χ2n) is 4.21. The van der Waals surface area contributed by atoms with Crippen LogP contribution >= 0.6 is 11.3 Å². The lowest BCUT2D eigenvalue weighted by Gasteiger charge is -2.16. The van der Waals surface area contributed by atoms with Gasteiger partial charge in [-0.25, -0.2) is 0 Å². The van der Waals surface area contributed by atoms with Gasteiger partial charge >= 0.3 is 0 Å². The maximum atomic E-state index is 3.19. The van der Waals surface area contributed by atoms with Crippen LogP contribution in [0.2, 0.25) is 0 Å². The van der Waals surface area contributed by atoms with Gasteiger partial charge in [0.1, 0.15) is 0 Å². The van der Waals surface area contributed by atoms with Gasteiger partial charge in [0.25, 0.3) is 0 Å². The Morgan fingerprint density at radius 2 is 1.28 bits per heavy atom. The first-order chi connectivity index (χ1) is 8.95. The molecule has 2 aromatic carbocycles. The molecule has 18 heavy (non-hydrogen) atoms. The van der Waals surface area contributed by atoms with Crippen LogP contribution in [0, 0.1) is 5.38 Å². The lowest BCUT2D eigenvalue weighted by atomic mass is 9.90. The molecule has 0 amide bonds. The second kappa shape index (κ2) is 5.19. The van der Waals surface area contributed by atoms with Crippen molar-refractivity contribution in [2.45, 2.75) is 5.92 Å². The molecule has 0 nitrogen and oxygen atoms in total. The molecule has 3 aromatic rings. The Kier molecular flexibility index (Phi) is 3.24. The molecule has 87 valence electrons. The summed E-state index contributed by atoms with van der Waals surface area (Å²) in [5, 5.41) is 3.19. The first-order valence-electron chi connectivity index (χ1n) is 6.01. The normalized spacial score (nSPS) is 10.7. The van der Waals surface area contributed by atoms with Crippen LogP contribution in [-0.2, 0) is 0 Å². The second-order valence-corrected chi connectivity index (χ2v) is 5.12. The first kappa shape index (κ1) is 11.2. The van der Waals surface area contributed by atoms with E-state index in [0.717, 1.165) is 0 Å². The number of thiophene rings is 1. The maximum Gasteiger partial charge on any atom is 0.0445 e. The topological polar surface area (TPSA) is 0 Å². The summed E-state index contributed by atoms with van der Waals surface area (Å²) >= 11 is 1.70. The SMILES string of the molecule is [c]1ccc(C(c2ccccc2)c2ccccc2)s1. The van der Waals surface area contributed by atoms with Gasteiger partial charge in [0.05, 0.1) is 0 Å². The number of rotatable bonds is 3. The zero-order valence-corrected chi connectivity index (χ0v) is 10.7. The third kappa shape index (κ3) is 2.22. The van der Waals surface area contributed by atoms with Crippen molar-refractivity contribution >= 4 is 11.3 Å². The van der Waals surface area contributed by atoms with Crippen molar-refractivity contribution in [1.29, 1.82) is 0 Å². The third-order valence-electron chi connectivity index (χ3n) is 3.04. The van der Waals surface area contributed by atoms with Crippen molar-refractivity contribution in [3.8, 4) is 0 Å². The number of hydrogen-bond donors (Lipinski definition) is 0. The quantitative estimate of drug-likeness (QED) is 0.629. The lowest BCUT2D eigenvalue weighted by molar-refractivity contribution is 1.01. The van der Waals surface area contributed by atoms with Crippen LogP contribution in [0.1, 0.15) is 21.9 Å². The van der Waals surface area contributed by atoms with Crippen molar-refractivity contribution in [2.75, 3.05) is 0 Å². The van der Waals surface area contributed by atoms with Crippen molar-refractivity contribution < 1.29 is 0 Å². The fourth-order valence-electron chi connectivity index (χ4n) is 2.22. The van der Waals surface area contributed by atoms with Crippen LogP contribution in [0.15, 0.2) is 72.8 Å². The molecule has 3 rings (SSSR count). The van der Waals surface area contributed by atoms with E-state index in [9.17, 15) is 0 Å². The average Bonchev–Trinajstić information content (AvgIpc) is 2.95. The highest BCUT2D eigenvalue weighted by atomic mass is 32.1. The molecular weight excluding hydrogens is 236 g/mol. The molecule has 0 aliphatic heterocycles. The van der Waals surface area contributed by atoms with Gasteiger partial charge in [0.15, 0.2) is 0 Å². The Hall–Kier alpha value is -1.86. The minimum atomic E-state index is 0.323. The molecule has 0 unspecified atom stereocenters. The summed E-state index contributed by atoms with van der Waals surface area (Å²) in [5.74, 6) is 0.323. The third-order valence-corrected chi connectivity index (χ3v) is 3.90. The van der Waals surface area contributed by atoms with E-state index in [1.165, 1.54) is 16.0 Å². The van der Waals surface area contributed by atoms with Gasteiger partial charge in [-0.3, -0.25) is 0 Å². The van der Waals surface area contributed by atoms with Crippen molar-refractivity contribution in [3.05, 3.63) is 94.2 Å². The maximum absolute atomic E-state index is 3.19. The summed E-state index contributed by atoms with van der Waals surface area (Å²) < 4.78 is 0. The molecule has 1 radical (unpaired) electrons. The Balaban J connectivity index is 2.11. The molecule has 0 spiro atoms. The highest BCUT2D eigenvalue weighted by Gasteiger charge is 2.16. The molecule has 0 fully saturated rings. The van der Waals surface area contributed by atoms with E-state index in [-0.39, 0.29) is 0 Å². The van der Waals surface area contributed by atoms with E-state index in [2.05, 4.69) is 72.1 Å². The van der Waals surface area contributed by atoms with E-state index < -0.39 is 0 Å². The Bertz CT molecular complexity index is 543. The van der Waals surface area contributed by atoms with Gasteiger partial charge in [-0.2, -0.15) is 0 Å². The van der Waals surface area contributed by atoms with Crippen LogP contribution in [0.4, 0.5) is 0 Å². The highest BCUT2D eigenvalue weighted by molar-refractivity contribution is 7.09. The number of hydrogen-bond acceptors (Lipinski definition) is 1. The molecule has 0 saturated carbocycles. The fourth-order valence-corrected chi connectivity index (χ4v) is 3.02. The van der Waals surface area contributed by atoms with Crippen LogP contribution in [-0.4, -0.2) is 0 Å². The van der Waals surface area contributed by atoms with Gasteiger partial charge in [0, 0.05) is 16.2 Å². The van der Waals surface area contributed by atoms with Crippen molar-refractivity contribution in [1.82, 2.24) is 0 Å². The summed E-state index contributed by atoms with van der Waals surface area (Å²) in [5.41, 5.74) is 2.67. The van der Waals surface area contributed by atoms with Gasteiger partial charge in [-0.05, 0) is 23.3 Å². The van der Waals surface area contributed by atoms with E-state index in [4.69, 9.17) is 0 Å². The largest absolute Gasteiger partial charge is 0.138 e. The molecule has 1 aromatic heterocycles. The van der Waals surface area contributed by atoms with Crippen molar-refractivity contribution in [3.63, 3.8) is 0 Å². The summed E-state index contributed by atoms with van der Waals surface area (Å²) in [7, 11) is 0. The van der Waals surface area contributed by atoms with Gasteiger partial charge in [-0.1, -0.05) is 60.7 Å². The lowest BCUT2D eigenvalue weighted by Crippen LogP contribution is -2.00. The molecule has 0 saturated heterocycles. The molecule has 0 N–H and O–H groups in total. The van der Waals surface area contributed by atoms with Crippen LogP contribution in [0.5, 0.6) is 0 Å². The van der Waals surface area contributed by atoms with E-state index in [1.54, 1.807) is 11.3 Å². The smallest absolute Gasteiger partial charge is 0.0445 e. The monoisotopic (exact) mass is 249 g/mol. The molecule has 0 aliphatic carbocycles. The summed E-state index contributed by atoms with van der Waals surface area (Å²) in [4.78, 5) is 1.34. The Morgan fingerprint density at radius 1 is 0.722 bits per heavy atom. The number of benzene rings is 2. The predicted octanol–water partition coefficient (Wildman–Crippen LogP) is 4.73. The van der Waals surface area contributed by atoms with Crippen molar-refractivity contribution in [2.24, 2.45) is 0 Å². The van der Waals surface area contributed by atoms with Gasteiger partial charge in [-0.15, -0.1) is 11.3 Å². The van der Waals surface area contributed by atoms with Gasteiger partial charge in [0.2, 0.25) is 0 Å². The van der Waals surface area contributed by atoms with E-state index in [1.807, 2.05) is 6.07 Å². The van der Waals surface area contributed by atoms with Crippen LogP contribution in [0.25, 0.3) is 0 Å². The molecule has 1 heterocycles. The minimum absolute atomic E-state index is 0.323. The van der Waals surface area contributed by atoms with E-state index >= 15 is 0 Å². The van der Waals surface area contributed by atoms with E-state index in [0.29, 0.717) is 5.92 Å². The minimum Gasteiger partial charge on any atom is -0.138 e. The summed E-state index contributed by atoms with van der Waals surface area (Å²) in [6.45, 7) is 0. The molecule has 0 bridgehead atoms. The molecule has 0 atom stereocenters. The molecular formula is C17H13S. The Morgan fingerprint density at radius 3 is 1.72 bits per heavy atom. The molecule has 0 aliphatic rings. The zero-order chi connectivity index (χ0) is 12.2. The standard InChI is InChI=1S/C17H13S/c1-3-8-14(9-4-1)17(16-12-7-13-18-16)15-10-5-2-6-11-15/h1-12,17H. The zero-order valence-electron chi connectivity index (χ0n) is 9.91. The van der Waals surface area contributed by atoms with Gasteiger partial charge < -0.3 is 0 Å².